The van der Waals surface area contributed by atoms with E-state index in [1.807, 2.05) is 48.5 Å². The number of fused-ring (bicyclic) bond motifs is 1. The van der Waals surface area contributed by atoms with Gasteiger partial charge in [0.15, 0.2) is 0 Å². The number of benzene rings is 1. The van der Waals surface area contributed by atoms with Crippen LogP contribution in [0.15, 0.2) is 54.7 Å². The Kier molecular flexibility index (Phi) is 3.50. The van der Waals surface area contributed by atoms with Crippen molar-refractivity contribution in [3.8, 4) is 0 Å². The lowest BCUT2D eigenvalue weighted by atomic mass is 9.93. The van der Waals surface area contributed by atoms with Crippen molar-refractivity contribution in [1.82, 2.24) is 9.88 Å². The van der Waals surface area contributed by atoms with Gasteiger partial charge in [-0.1, -0.05) is 36.4 Å². The Morgan fingerprint density at radius 2 is 2.09 bits per heavy atom. The molecule has 0 N–H and O–H groups in total. The molecule has 0 spiro atoms. The molecule has 1 amide bonds. The fraction of sp³-hybridized carbons (Fsp3) is 0.333. The Balaban J connectivity index is 1.34. The number of carbonyl (C=O) groups excluding carboxylic acids is 1. The number of likely N-dealkylation sites (tertiary alicyclic amines) is 1. The van der Waals surface area contributed by atoms with Crippen molar-refractivity contribution in [3.05, 3.63) is 66.0 Å². The largest absolute Gasteiger partial charge is 0.445 e. The van der Waals surface area contributed by atoms with Gasteiger partial charge in [-0.3, -0.25) is 4.98 Å². The molecule has 2 fully saturated rings. The minimum absolute atomic E-state index is 0.0235. The molecule has 5 heteroatoms. The number of hydrogen-bond donors (Lipinski definition) is 0. The molecular weight excluding hydrogens is 292 g/mol. The Morgan fingerprint density at radius 1 is 1.26 bits per heavy atom. The van der Waals surface area contributed by atoms with E-state index < -0.39 is 0 Å². The first-order valence-corrected chi connectivity index (χ1v) is 7.83. The molecule has 1 aromatic heterocycles. The molecule has 0 bridgehead atoms. The maximum Gasteiger partial charge on any atom is 0.410 e. The van der Waals surface area contributed by atoms with E-state index in [1.54, 1.807) is 11.1 Å². The van der Waals surface area contributed by atoms with Crippen LogP contribution in [0.4, 0.5) is 4.79 Å². The van der Waals surface area contributed by atoms with Crippen LogP contribution in [0.5, 0.6) is 0 Å². The molecule has 2 saturated heterocycles. The van der Waals surface area contributed by atoms with E-state index in [4.69, 9.17) is 9.47 Å². The van der Waals surface area contributed by atoms with E-state index >= 15 is 0 Å². The van der Waals surface area contributed by atoms with Crippen molar-refractivity contribution in [3.63, 3.8) is 0 Å². The summed E-state index contributed by atoms with van der Waals surface area (Å²) in [5, 5.41) is 0. The average Bonchev–Trinajstić information content (AvgIpc) is 3.36. The number of hydrogen-bond acceptors (Lipinski definition) is 4. The Labute approximate surface area is 134 Å². The monoisotopic (exact) mass is 310 g/mol. The summed E-state index contributed by atoms with van der Waals surface area (Å²) in [6.07, 6.45) is 2.28. The smallest absolute Gasteiger partial charge is 0.410 e. The lowest BCUT2D eigenvalue weighted by molar-refractivity contribution is 0.0894. The summed E-state index contributed by atoms with van der Waals surface area (Å²) in [5.41, 5.74) is 1.66. The van der Waals surface area contributed by atoms with Crippen molar-refractivity contribution >= 4 is 6.09 Å². The minimum atomic E-state index is -0.294. The Hall–Kier alpha value is -2.40. The SMILES string of the molecule is O=C(OCc1ccccc1)N1CC[C@]2(c3ccccn3)O[C@@H]2C1. The van der Waals surface area contributed by atoms with Crippen molar-refractivity contribution in [2.75, 3.05) is 13.1 Å². The normalized spacial score (nSPS) is 25.6. The highest BCUT2D eigenvalue weighted by Gasteiger charge is 2.61. The Bertz CT molecular complexity index is 692. The molecule has 2 atom stereocenters. The molecule has 3 heterocycles. The molecule has 5 nitrogen and oxygen atoms in total. The molecule has 1 aromatic carbocycles. The van der Waals surface area contributed by atoms with Gasteiger partial charge in [0.25, 0.3) is 0 Å². The zero-order valence-electron chi connectivity index (χ0n) is 12.7. The van der Waals surface area contributed by atoms with Crippen LogP contribution in [0, 0.1) is 0 Å². The maximum absolute atomic E-state index is 12.2. The van der Waals surface area contributed by atoms with E-state index in [0.29, 0.717) is 19.7 Å². The van der Waals surface area contributed by atoms with Gasteiger partial charge in [-0.2, -0.15) is 0 Å². The van der Waals surface area contributed by atoms with Gasteiger partial charge in [-0.25, -0.2) is 4.79 Å². The van der Waals surface area contributed by atoms with E-state index in [0.717, 1.165) is 17.7 Å². The topological polar surface area (TPSA) is 55.0 Å². The van der Waals surface area contributed by atoms with E-state index in [9.17, 15) is 4.79 Å². The number of amides is 1. The van der Waals surface area contributed by atoms with Gasteiger partial charge in [-0.05, 0) is 17.7 Å². The summed E-state index contributed by atoms with van der Waals surface area (Å²) in [6.45, 7) is 1.48. The lowest BCUT2D eigenvalue weighted by Gasteiger charge is -2.27. The third kappa shape index (κ3) is 2.68. The molecule has 2 aliphatic rings. The fourth-order valence-corrected chi connectivity index (χ4v) is 3.16. The summed E-state index contributed by atoms with van der Waals surface area (Å²) in [5.74, 6) is 0. The van der Waals surface area contributed by atoms with Crippen LogP contribution in [0.2, 0.25) is 0 Å². The molecule has 2 aliphatic heterocycles. The second-order valence-corrected chi connectivity index (χ2v) is 5.95. The Morgan fingerprint density at radius 3 is 2.83 bits per heavy atom. The number of carbonyl (C=O) groups is 1. The summed E-state index contributed by atoms with van der Waals surface area (Å²) in [6, 6.07) is 15.6. The molecule has 0 aliphatic carbocycles. The molecule has 2 aromatic rings. The van der Waals surface area contributed by atoms with Crippen LogP contribution in [0.25, 0.3) is 0 Å². The van der Waals surface area contributed by atoms with Crippen LogP contribution in [-0.4, -0.2) is 35.2 Å². The van der Waals surface area contributed by atoms with E-state index in [1.165, 1.54) is 0 Å². The molecule has 118 valence electrons. The molecular formula is C18H18N2O3. The third-order valence-electron chi connectivity index (χ3n) is 4.52. The second kappa shape index (κ2) is 5.66. The fourth-order valence-electron chi connectivity index (χ4n) is 3.16. The van der Waals surface area contributed by atoms with Crippen molar-refractivity contribution in [2.24, 2.45) is 0 Å². The van der Waals surface area contributed by atoms with Gasteiger partial charge < -0.3 is 14.4 Å². The molecule has 0 saturated carbocycles. The van der Waals surface area contributed by atoms with Crippen LogP contribution in [0.1, 0.15) is 17.7 Å². The molecule has 4 rings (SSSR count). The van der Waals surface area contributed by atoms with Gasteiger partial charge in [-0.15, -0.1) is 0 Å². The van der Waals surface area contributed by atoms with E-state index in [-0.39, 0.29) is 17.8 Å². The second-order valence-electron chi connectivity index (χ2n) is 5.95. The zero-order valence-corrected chi connectivity index (χ0v) is 12.7. The summed E-state index contributed by atoms with van der Waals surface area (Å²) >= 11 is 0. The highest BCUT2D eigenvalue weighted by Crippen LogP contribution is 2.51. The summed E-state index contributed by atoms with van der Waals surface area (Å²) < 4.78 is 11.3. The lowest BCUT2D eigenvalue weighted by Crippen LogP contribution is -2.42. The van der Waals surface area contributed by atoms with Gasteiger partial charge in [0.05, 0.1) is 12.2 Å². The number of pyridine rings is 1. The molecule has 23 heavy (non-hydrogen) atoms. The summed E-state index contributed by atoms with van der Waals surface area (Å²) in [4.78, 5) is 18.3. The van der Waals surface area contributed by atoms with Crippen LogP contribution >= 0.6 is 0 Å². The van der Waals surface area contributed by atoms with Crippen LogP contribution in [0.3, 0.4) is 0 Å². The first-order chi connectivity index (χ1) is 11.3. The standard InChI is InChI=1S/C18H18N2O3/c21-17(22-13-14-6-2-1-3-7-14)20-11-9-18(16(12-20)23-18)15-8-4-5-10-19-15/h1-8,10,16H,9,11-13H2/t16-,18-/m1/s1. The van der Waals surface area contributed by atoms with Gasteiger partial charge in [0.1, 0.15) is 18.3 Å². The highest BCUT2D eigenvalue weighted by atomic mass is 16.6. The molecule has 0 unspecified atom stereocenters. The molecule has 0 radical (unpaired) electrons. The number of rotatable bonds is 3. The van der Waals surface area contributed by atoms with Crippen LogP contribution < -0.4 is 0 Å². The number of ether oxygens (including phenoxy) is 2. The van der Waals surface area contributed by atoms with Crippen molar-refractivity contribution < 1.29 is 14.3 Å². The number of epoxide rings is 1. The summed E-state index contributed by atoms with van der Waals surface area (Å²) in [7, 11) is 0. The first-order valence-electron chi connectivity index (χ1n) is 7.83. The quantitative estimate of drug-likeness (QED) is 0.818. The number of nitrogens with zero attached hydrogens (tertiary/aromatic N) is 2. The third-order valence-corrected chi connectivity index (χ3v) is 4.52. The van der Waals surface area contributed by atoms with Crippen molar-refractivity contribution in [2.45, 2.75) is 24.7 Å². The zero-order chi connectivity index (χ0) is 15.7. The van der Waals surface area contributed by atoms with E-state index in [2.05, 4.69) is 4.98 Å². The van der Waals surface area contributed by atoms with Crippen LogP contribution in [-0.2, 0) is 21.7 Å². The predicted octanol–water partition coefficient (Wildman–Crippen LogP) is 2.72. The van der Waals surface area contributed by atoms with Gasteiger partial charge in [0, 0.05) is 19.2 Å². The van der Waals surface area contributed by atoms with Gasteiger partial charge in [0.2, 0.25) is 0 Å². The van der Waals surface area contributed by atoms with Crippen molar-refractivity contribution in [1.29, 1.82) is 0 Å². The maximum atomic E-state index is 12.2. The number of aromatic nitrogens is 1. The minimum Gasteiger partial charge on any atom is -0.445 e. The first kappa shape index (κ1) is 14.2. The average molecular weight is 310 g/mol. The number of piperidine rings is 1. The van der Waals surface area contributed by atoms with Gasteiger partial charge >= 0.3 is 6.09 Å². The predicted molar refractivity (Wildman–Crippen MR) is 83.6 cm³/mol. The highest BCUT2D eigenvalue weighted by molar-refractivity contribution is 5.68.